The van der Waals surface area contributed by atoms with Crippen LogP contribution in [-0.2, 0) is 9.47 Å². The molecule has 1 rings (SSSR count). The third kappa shape index (κ3) is 4.23. The summed E-state index contributed by atoms with van der Waals surface area (Å²) in [7, 11) is 1.86. The minimum Gasteiger partial charge on any atom is -0.381 e. The van der Waals surface area contributed by atoms with E-state index in [0.29, 0.717) is 6.04 Å². The van der Waals surface area contributed by atoms with E-state index in [9.17, 15) is 0 Å². The fourth-order valence-corrected chi connectivity index (χ4v) is 2.81. The van der Waals surface area contributed by atoms with E-state index in [1.807, 2.05) is 7.11 Å². The number of unbranched alkanes of at least 4 members (excludes halogenated alkanes) is 2. The lowest BCUT2D eigenvalue weighted by molar-refractivity contribution is -0.111. The highest BCUT2D eigenvalue weighted by atomic mass is 16.5. The molecule has 0 aromatic heterocycles. The topological polar surface area (TPSA) is 30.5 Å². The smallest absolute Gasteiger partial charge is 0.0874 e. The van der Waals surface area contributed by atoms with Crippen molar-refractivity contribution in [2.45, 2.75) is 64.0 Å². The van der Waals surface area contributed by atoms with Crippen molar-refractivity contribution in [3.05, 3.63) is 0 Å². The molecule has 0 amide bonds. The molecule has 0 saturated carbocycles. The van der Waals surface area contributed by atoms with Crippen molar-refractivity contribution in [2.75, 3.05) is 26.9 Å². The van der Waals surface area contributed by atoms with Gasteiger partial charge in [-0.15, -0.1) is 0 Å². The van der Waals surface area contributed by atoms with Crippen molar-refractivity contribution in [3.8, 4) is 0 Å². The minimum atomic E-state index is 0.00199. The standard InChI is InChI=1S/C14H29NO2/c1-4-6-7-8-13(15-5-2)14(16-3)9-11-17-12-10-14/h13,15H,4-12H2,1-3H3. The first kappa shape index (κ1) is 14.9. The number of nitrogens with one attached hydrogen (secondary N) is 1. The summed E-state index contributed by atoms with van der Waals surface area (Å²) in [6, 6.07) is 0.480. The van der Waals surface area contributed by atoms with Gasteiger partial charge in [0, 0.05) is 39.2 Å². The van der Waals surface area contributed by atoms with Crippen LogP contribution in [0.15, 0.2) is 0 Å². The molecule has 0 aromatic rings. The summed E-state index contributed by atoms with van der Waals surface area (Å²) in [6.45, 7) is 7.12. The van der Waals surface area contributed by atoms with E-state index in [1.165, 1.54) is 25.7 Å². The van der Waals surface area contributed by atoms with E-state index in [-0.39, 0.29) is 5.60 Å². The summed E-state index contributed by atoms with van der Waals surface area (Å²) >= 11 is 0. The first-order chi connectivity index (χ1) is 8.29. The predicted molar refractivity (Wildman–Crippen MR) is 71.4 cm³/mol. The zero-order valence-electron chi connectivity index (χ0n) is 11.8. The van der Waals surface area contributed by atoms with Gasteiger partial charge in [0.25, 0.3) is 0 Å². The third-order valence-electron chi connectivity index (χ3n) is 3.93. The van der Waals surface area contributed by atoms with Crippen molar-refractivity contribution in [1.29, 1.82) is 0 Å². The van der Waals surface area contributed by atoms with Crippen molar-refractivity contribution >= 4 is 0 Å². The second kappa shape index (κ2) is 8.06. The van der Waals surface area contributed by atoms with Crippen LogP contribution in [0.5, 0.6) is 0 Å². The number of methoxy groups -OCH3 is 1. The molecule has 0 radical (unpaired) electrons. The van der Waals surface area contributed by atoms with Crippen molar-refractivity contribution in [3.63, 3.8) is 0 Å². The zero-order chi connectivity index (χ0) is 12.6. The molecule has 1 fully saturated rings. The quantitative estimate of drug-likeness (QED) is 0.665. The second-order valence-electron chi connectivity index (χ2n) is 4.99. The van der Waals surface area contributed by atoms with E-state index < -0.39 is 0 Å². The van der Waals surface area contributed by atoms with Gasteiger partial charge in [-0.2, -0.15) is 0 Å². The van der Waals surface area contributed by atoms with E-state index in [2.05, 4.69) is 19.2 Å². The molecule has 0 aliphatic carbocycles. The van der Waals surface area contributed by atoms with Gasteiger partial charge in [0.1, 0.15) is 0 Å². The predicted octanol–water partition coefficient (Wildman–Crippen LogP) is 2.74. The Balaban J connectivity index is 2.57. The highest BCUT2D eigenvalue weighted by Crippen LogP contribution is 2.30. The van der Waals surface area contributed by atoms with Gasteiger partial charge in [0.2, 0.25) is 0 Å². The van der Waals surface area contributed by atoms with Crippen LogP contribution in [0.1, 0.15) is 52.4 Å². The summed E-state index contributed by atoms with van der Waals surface area (Å²) in [5.41, 5.74) is 0.00199. The molecule has 1 unspecified atom stereocenters. The van der Waals surface area contributed by atoms with Gasteiger partial charge in [-0.3, -0.25) is 0 Å². The third-order valence-corrected chi connectivity index (χ3v) is 3.93. The molecule has 1 saturated heterocycles. The average Bonchev–Trinajstić information content (AvgIpc) is 2.39. The number of ether oxygens (including phenoxy) is 2. The van der Waals surface area contributed by atoms with E-state index in [4.69, 9.17) is 9.47 Å². The molecular weight excluding hydrogens is 214 g/mol. The lowest BCUT2D eigenvalue weighted by atomic mass is 9.83. The number of rotatable bonds is 8. The van der Waals surface area contributed by atoms with Gasteiger partial charge in [-0.25, -0.2) is 0 Å². The Labute approximate surface area is 106 Å². The Kier molecular flexibility index (Phi) is 7.09. The second-order valence-corrected chi connectivity index (χ2v) is 4.99. The van der Waals surface area contributed by atoms with Crippen LogP contribution in [0.3, 0.4) is 0 Å². The first-order valence-corrected chi connectivity index (χ1v) is 7.15. The fraction of sp³-hybridized carbons (Fsp3) is 1.00. The van der Waals surface area contributed by atoms with Crippen molar-refractivity contribution in [2.24, 2.45) is 0 Å². The summed E-state index contributed by atoms with van der Waals surface area (Å²) in [6.07, 6.45) is 7.15. The molecule has 0 aromatic carbocycles. The highest BCUT2D eigenvalue weighted by molar-refractivity contribution is 4.94. The van der Waals surface area contributed by atoms with Crippen LogP contribution >= 0.6 is 0 Å². The monoisotopic (exact) mass is 243 g/mol. The highest BCUT2D eigenvalue weighted by Gasteiger charge is 2.39. The summed E-state index contributed by atoms with van der Waals surface area (Å²) in [5.74, 6) is 0. The van der Waals surface area contributed by atoms with E-state index >= 15 is 0 Å². The molecule has 1 atom stereocenters. The van der Waals surface area contributed by atoms with E-state index in [1.54, 1.807) is 0 Å². The Bertz CT molecular complexity index is 191. The van der Waals surface area contributed by atoms with Crippen LogP contribution in [-0.4, -0.2) is 38.5 Å². The van der Waals surface area contributed by atoms with Gasteiger partial charge in [0.15, 0.2) is 0 Å². The van der Waals surface area contributed by atoms with Gasteiger partial charge >= 0.3 is 0 Å². The molecule has 3 nitrogen and oxygen atoms in total. The maximum absolute atomic E-state index is 5.88. The van der Waals surface area contributed by atoms with Crippen LogP contribution in [0.4, 0.5) is 0 Å². The molecule has 17 heavy (non-hydrogen) atoms. The Morgan fingerprint density at radius 1 is 1.24 bits per heavy atom. The lowest BCUT2D eigenvalue weighted by Gasteiger charge is -2.42. The molecule has 0 spiro atoms. The number of hydrogen-bond donors (Lipinski definition) is 1. The molecule has 1 aliphatic rings. The Hall–Kier alpha value is -0.120. The molecular formula is C14H29NO2. The van der Waals surface area contributed by atoms with Crippen LogP contribution in [0.25, 0.3) is 0 Å². The van der Waals surface area contributed by atoms with Crippen LogP contribution in [0, 0.1) is 0 Å². The first-order valence-electron chi connectivity index (χ1n) is 7.15. The summed E-state index contributed by atoms with van der Waals surface area (Å²) < 4.78 is 11.4. The largest absolute Gasteiger partial charge is 0.381 e. The SMILES string of the molecule is CCCCCC(NCC)C1(OC)CCOCC1. The Morgan fingerprint density at radius 2 is 1.94 bits per heavy atom. The maximum atomic E-state index is 5.88. The maximum Gasteiger partial charge on any atom is 0.0874 e. The molecule has 3 heteroatoms. The van der Waals surface area contributed by atoms with Crippen LogP contribution < -0.4 is 5.32 Å². The number of hydrogen-bond acceptors (Lipinski definition) is 3. The summed E-state index contributed by atoms with van der Waals surface area (Å²) in [5, 5.41) is 3.62. The molecule has 1 N–H and O–H groups in total. The van der Waals surface area contributed by atoms with Crippen LogP contribution in [0.2, 0.25) is 0 Å². The molecule has 102 valence electrons. The zero-order valence-corrected chi connectivity index (χ0v) is 11.8. The average molecular weight is 243 g/mol. The summed E-state index contributed by atoms with van der Waals surface area (Å²) in [4.78, 5) is 0. The fourth-order valence-electron chi connectivity index (χ4n) is 2.81. The van der Waals surface area contributed by atoms with Gasteiger partial charge < -0.3 is 14.8 Å². The van der Waals surface area contributed by atoms with Gasteiger partial charge in [0.05, 0.1) is 5.60 Å². The van der Waals surface area contributed by atoms with Gasteiger partial charge in [-0.1, -0.05) is 33.1 Å². The van der Waals surface area contributed by atoms with Crippen molar-refractivity contribution < 1.29 is 9.47 Å². The number of likely N-dealkylation sites (N-methyl/N-ethyl adjacent to an activating group) is 1. The minimum absolute atomic E-state index is 0.00199. The molecule has 1 heterocycles. The lowest BCUT2D eigenvalue weighted by Crippen LogP contribution is -2.55. The van der Waals surface area contributed by atoms with Gasteiger partial charge in [-0.05, 0) is 13.0 Å². The van der Waals surface area contributed by atoms with E-state index in [0.717, 1.165) is 32.6 Å². The van der Waals surface area contributed by atoms with Crippen molar-refractivity contribution in [1.82, 2.24) is 5.32 Å². The normalized spacial score (nSPS) is 21.4. The molecule has 1 aliphatic heterocycles. The molecule has 0 bridgehead atoms. The Morgan fingerprint density at radius 3 is 2.47 bits per heavy atom.